The first kappa shape index (κ1) is 128. The average molecular weight is 2060 g/mol. The van der Waals surface area contributed by atoms with E-state index in [1.54, 1.807) is 6.92 Å². The molecule has 0 aliphatic carbocycles. The molecule has 786 valence electrons. The maximum atomic E-state index is 12.2. The van der Waals surface area contributed by atoms with E-state index >= 15 is 0 Å². The van der Waals surface area contributed by atoms with Gasteiger partial charge in [0.2, 0.25) is 35.4 Å². The SMILES string of the molecule is CC(=O)NC1C(OC(C)=O)SC(COC(C)=O)C(C)C1C.CC(=O)OCC1SC(OC(C)=O)C(NC(=O)C(C)C)C(C)C1C.CC(=O)OCC1SC(OC(C)=O)C(NC(=O)CC(C)C)C(C)C1C.CCC(=O)NC1C(OC(C)=O)SC(COC(C)=O)C(C)C1C.CCCC(=O)NC1C(OC(C)=O)SC(COC(C)=O)C(C)C1C.CCCCC(=O)NC1C(OC(C)=O)SC(COC(C)=O)C(C)C1C. The first-order chi connectivity index (χ1) is 63.7. The fraction of sp³-hybridized carbons (Fsp3) is 0.811. The molecule has 42 heteroatoms. The minimum Gasteiger partial charge on any atom is -0.465 e. The van der Waals surface area contributed by atoms with Crippen LogP contribution >= 0.6 is 70.6 Å². The zero-order chi connectivity index (χ0) is 105. The van der Waals surface area contributed by atoms with Crippen LogP contribution in [-0.4, -0.2) is 247 Å². The number of carbonyl (C=O) groups excluding carboxylic acids is 18. The Labute approximate surface area is 836 Å². The highest BCUT2D eigenvalue weighted by Gasteiger charge is 2.51. The summed E-state index contributed by atoms with van der Waals surface area (Å²) >= 11 is 8.66. The summed E-state index contributed by atoms with van der Waals surface area (Å²) < 4.78 is 63.1. The van der Waals surface area contributed by atoms with E-state index in [0.29, 0.717) is 25.7 Å². The summed E-state index contributed by atoms with van der Waals surface area (Å²) in [6.45, 7) is 57.3. The van der Waals surface area contributed by atoms with Gasteiger partial charge in [-0.15, -0.1) is 70.6 Å². The Morgan fingerprint density at radius 2 is 0.453 bits per heavy atom. The first-order valence-electron chi connectivity index (χ1n) is 47.3. The molecule has 6 saturated heterocycles. The Bertz CT molecular complexity index is 3910. The summed E-state index contributed by atoms with van der Waals surface area (Å²) in [7, 11) is 0. The van der Waals surface area contributed by atoms with Crippen molar-refractivity contribution in [1.82, 2.24) is 31.9 Å². The highest BCUT2D eigenvalue weighted by molar-refractivity contribution is 8.01. The van der Waals surface area contributed by atoms with E-state index in [1.165, 1.54) is 161 Å². The lowest BCUT2D eigenvalue weighted by atomic mass is 9.85. The molecule has 36 nitrogen and oxygen atoms in total. The normalized spacial score (nSPS) is 30.6. The molecule has 0 aromatic carbocycles. The standard InChI is InChI=1S/2C17H29NO5S.2C16H27NO5S.C15H25NO5S.C14H23NO5S/c1-9(2)7-15(21)18-16-11(4)10(3)14(8-22-12(5)19)24-17(16)23-13(6)20;1-6-7-8-15(21)18-16-11(3)10(2)14(9-22-12(4)19)24-17(16)23-13(5)20;1-8(2)15(20)17-14-10(4)9(3)13(7-21-11(5)18)23-16(14)22-12(6)19;1-6-7-14(20)17-15-10(3)9(2)13(8-21-11(4)18)23-16(15)22-12(5)19;1-6-13(19)16-14-9(3)8(2)12(7-20-10(4)17)22-15(14)21-11(5)18;1-7-8(2)13(15-9(3)16)14(20-11(5)18)21-12(7)6-19-10(4)17/h9-11,14,16-17H,7-8H2,1-6H3,(H,18,21);10-11,14,16-17H,6-9H2,1-5H3,(H,18,21);8-10,13-14,16H,7H2,1-6H3,(H,17,20);9-10,13,15-16H,6-8H2,1-5H3,(H,17,20);8-9,12,14-15H,6-7H2,1-5H3,(H,16,19);7-8,12-14H,6H2,1-5H3,(H,15,16). The van der Waals surface area contributed by atoms with E-state index in [9.17, 15) is 86.3 Å². The largest absolute Gasteiger partial charge is 0.465 e. The monoisotopic (exact) mass is 2060 g/mol. The lowest BCUT2D eigenvalue weighted by molar-refractivity contribution is -0.146. The van der Waals surface area contributed by atoms with Crippen LogP contribution in [0.1, 0.15) is 267 Å². The molecule has 0 spiro atoms. The molecule has 6 rings (SSSR count). The predicted octanol–water partition coefficient (Wildman–Crippen LogP) is 12.0. The number of thioether (sulfide) groups is 6. The molecule has 0 radical (unpaired) electrons. The number of carbonyl (C=O) groups is 18. The van der Waals surface area contributed by atoms with Crippen molar-refractivity contribution >= 4 is 178 Å². The van der Waals surface area contributed by atoms with Gasteiger partial charge in [0.25, 0.3) is 0 Å². The van der Waals surface area contributed by atoms with E-state index < -0.39 is 38.6 Å². The average Bonchev–Trinajstić information content (AvgIpc) is 0.837. The third kappa shape index (κ3) is 47.8. The molecule has 137 heavy (non-hydrogen) atoms. The summed E-state index contributed by atoms with van der Waals surface area (Å²) in [5.41, 5.74) is -2.86. The number of unbranched alkanes of at least 4 members (excludes halogenated alkanes) is 1. The van der Waals surface area contributed by atoms with Gasteiger partial charge in [0.15, 0.2) is 32.6 Å². The maximum Gasteiger partial charge on any atom is 0.303 e. The van der Waals surface area contributed by atoms with E-state index in [1.807, 2.05) is 90.0 Å². The Morgan fingerprint density at radius 1 is 0.248 bits per heavy atom. The molecule has 0 aromatic heterocycles. The molecule has 30 atom stereocenters. The molecule has 0 aromatic rings. The number of amides is 6. The number of ether oxygens (including phenoxy) is 12. The van der Waals surface area contributed by atoms with Crippen molar-refractivity contribution in [3.8, 4) is 0 Å². The Hall–Kier alpha value is -7.44. The van der Waals surface area contributed by atoms with Gasteiger partial charge in [-0.05, 0) is 89.8 Å². The van der Waals surface area contributed by atoms with Crippen molar-refractivity contribution < 1.29 is 143 Å². The molecular weight excluding hydrogens is 1900 g/mol. The highest BCUT2D eigenvalue weighted by atomic mass is 32.2. The zero-order valence-electron chi connectivity index (χ0n) is 86.4. The van der Waals surface area contributed by atoms with Crippen LogP contribution in [0.15, 0.2) is 0 Å². The molecule has 6 aliphatic heterocycles. The molecular formula is C95H160N6O30S6. The molecule has 0 saturated carbocycles. The second-order valence-electron chi connectivity index (χ2n) is 36.6. The van der Waals surface area contributed by atoms with Crippen LogP contribution in [-0.2, 0) is 143 Å². The summed E-state index contributed by atoms with van der Waals surface area (Å²) in [6.07, 6.45) is 4.30. The van der Waals surface area contributed by atoms with Gasteiger partial charge >= 0.3 is 71.6 Å². The van der Waals surface area contributed by atoms with Gasteiger partial charge in [-0.3, -0.25) is 86.3 Å². The lowest BCUT2D eigenvalue weighted by Gasteiger charge is -2.43. The number of hydrogen-bond acceptors (Lipinski definition) is 36. The van der Waals surface area contributed by atoms with Gasteiger partial charge in [0, 0.05) is 153 Å². The van der Waals surface area contributed by atoms with Crippen molar-refractivity contribution in [2.45, 2.75) is 367 Å². The zero-order valence-corrected chi connectivity index (χ0v) is 91.3. The van der Waals surface area contributed by atoms with Gasteiger partial charge in [0.1, 0.15) is 39.6 Å². The van der Waals surface area contributed by atoms with Crippen LogP contribution in [0, 0.1) is 82.9 Å². The van der Waals surface area contributed by atoms with Gasteiger partial charge < -0.3 is 88.7 Å². The Morgan fingerprint density at radius 3 is 0.635 bits per heavy atom. The molecule has 6 N–H and O–H groups in total. The summed E-state index contributed by atoms with van der Waals surface area (Å²) in [4.78, 5) is 206. The molecule has 6 fully saturated rings. The summed E-state index contributed by atoms with van der Waals surface area (Å²) in [5, 5.41) is 18.0. The quantitative estimate of drug-likeness (QED) is 0.0262. The van der Waals surface area contributed by atoms with E-state index in [4.69, 9.17) is 56.8 Å². The van der Waals surface area contributed by atoms with Gasteiger partial charge in [-0.2, -0.15) is 0 Å². The third-order valence-electron chi connectivity index (χ3n) is 24.6. The van der Waals surface area contributed by atoms with Crippen LogP contribution in [0.25, 0.3) is 0 Å². The van der Waals surface area contributed by atoms with Gasteiger partial charge in [0.05, 0.1) is 36.3 Å². The smallest absolute Gasteiger partial charge is 0.303 e. The minimum absolute atomic E-state index is 0.0166. The van der Waals surface area contributed by atoms with Crippen LogP contribution in [0.4, 0.5) is 0 Å². The number of esters is 12. The number of hydrogen-bond donors (Lipinski definition) is 6. The van der Waals surface area contributed by atoms with Crippen LogP contribution in [0.3, 0.4) is 0 Å². The van der Waals surface area contributed by atoms with E-state index in [0.717, 1.165) is 19.3 Å². The lowest BCUT2D eigenvalue weighted by Crippen LogP contribution is -2.55. The maximum absolute atomic E-state index is 12.2. The van der Waals surface area contributed by atoms with E-state index in [-0.39, 0.29) is 291 Å². The fourth-order valence-electron chi connectivity index (χ4n) is 15.4. The number of nitrogens with one attached hydrogen (secondary N) is 6. The second kappa shape index (κ2) is 64.9. The molecule has 6 aliphatic rings. The third-order valence-corrected chi connectivity index (χ3v) is 34.0. The van der Waals surface area contributed by atoms with Gasteiger partial charge in [-0.1, -0.05) is 138 Å². The fourth-order valence-corrected chi connectivity index (χ4v) is 25.4. The molecule has 30 unspecified atom stereocenters. The summed E-state index contributed by atoms with van der Waals surface area (Å²) in [6, 6.07) is -1.50. The molecule has 6 amide bonds. The molecule has 0 bridgehead atoms. The van der Waals surface area contributed by atoms with Crippen molar-refractivity contribution in [1.29, 1.82) is 0 Å². The first-order valence-corrected chi connectivity index (χ1v) is 52.9. The second-order valence-corrected chi connectivity index (χ2v) is 44.7. The van der Waals surface area contributed by atoms with Crippen molar-refractivity contribution in [2.24, 2.45) is 82.9 Å². The molecule has 6 heterocycles. The highest BCUT2D eigenvalue weighted by Crippen LogP contribution is 2.47. The topological polar surface area (TPSA) is 490 Å². The van der Waals surface area contributed by atoms with Crippen LogP contribution in [0.2, 0.25) is 0 Å². The van der Waals surface area contributed by atoms with Crippen LogP contribution in [0.5, 0.6) is 0 Å². The number of rotatable bonds is 33. The Balaban J connectivity index is 0.000000822. The predicted molar refractivity (Wildman–Crippen MR) is 528 cm³/mol. The van der Waals surface area contributed by atoms with Crippen molar-refractivity contribution in [3.05, 3.63) is 0 Å². The summed E-state index contributed by atoms with van der Waals surface area (Å²) in [5.74, 6) is -2.75. The Kier molecular flexibility index (Phi) is 60.4. The van der Waals surface area contributed by atoms with Crippen molar-refractivity contribution in [3.63, 3.8) is 0 Å². The minimum atomic E-state index is -0.484. The van der Waals surface area contributed by atoms with Crippen molar-refractivity contribution in [2.75, 3.05) is 39.6 Å². The van der Waals surface area contributed by atoms with E-state index in [2.05, 4.69) is 66.5 Å². The van der Waals surface area contributed by atoms with Gasteiger partial charge in [-0.25, -0.2) is 0 Å². The van der Waals surface area contributed by atoms with Crippen LogP contribution < -0.4 is 31.9 Å².